The lowest BCUT2D eigenvalue weighted by Crippen LogP contribution is -2.16. The maximum atomic E-state index is 12.9. The summed E-state index contributed by atoms with van der Waals surface area (Å²) in [5.74, 6) is -0.117. The standard InChI is InChI=1S/C21H17Cl3N2O4S/c1-2-30-20-10-8-16(31(28,29)26-18-9-7-15(23)11-17(18)24)12-19(20)25-21(27)13-3-5-14(22)6-4-13/h3-12,26H,2H2,1H3,(H,25,27). The molecule has 0 fully saturated rings. The van der Waals surface area contributed by atoms with Crippen LogP contribution in [0.5, 0.6) is 5.75 Å². The van der Waals surface area contributed by atoms with Crippen molar-refractivity contribution in [2.75, 3.05) is 16.6 Å². The van der Waals surface area contributed by atoms with Gasteiger partial charge in [-0.15, -0.1) is 0 Å². The first-order valence-corrected chi connectivity index (χ1v) is 11.6. The van der Waals surface area contributed by atoms with E-state index in [2.05, 4.69) is 10.0 Å². The predicted octanol–water partition coefficient (Wildman–Crippen LogP) is 6.10. The second-order valence-electron chi connectivity index (χ2n) is 6.28. The Labute approximate surface area is 195 Å². The molecule has 0 aliphatic heterocycles. The highest BCUT2D eigenvalue weighted by molar-refractivity contribution is 7.92. The molecule has 0 spiro atoms. The summed E-state index contributed by atoms with van der Waals surface area (Å²) in [7, 11) is -4.01. The minimum Gasteiger partial charge on any atom is -0.492 e. The molecule has 6 nitrogen and oxygen atoms in total. The SMILES string of the molecule is CCOc1ccc(S(=O)(=O)Nc2ccc(Cl)cc2Cl)cc1NC(=O)c1ccc(Cl)cc1. The monoisotopic (exact) mass is 498 g/mol. The second-order valence-corrected chi connectivity index (χ2v) is 9.24. The zero-order valence-corrected chi connectivity index (χ0v) is 19.2. The van der Waals surface area contributed by atoms with Crippen LogP contribution in [0.3, 0.4) is 0 Å². The molecular formula is C21H17Cl3N2O4S. The minimum absolute atomic E-state index is 0.0895. The maximum Gasteiger partial charge on any atom is 0.262 e. The van der Waals surface area contributed by atoms with Crippen LogP contribution in [-0.4, -0.2) is 20.9 Å². The summed E-state index contributed by atoms with van der Waals surface area (Å²) in [5, 5.41) is 3.70. The number of halogens is 3. The van der Waals surface area contributed by atoms with Crippen molar-refractivity contribution in [3.8, 4) is 5.75 Å². The average molecular weight is 500 g/mol. The molecule has 0 unspecified atom stereocenters. The first-order chi connectivity index (χ1) is 14.7. The Kier molecular flexibility index (Phi) is 7.33. The van der Waals surface area contributed by atoms with Gasteiger partial charge in [0.15, 0.2) is 0 Å². The van der Waals surface area contributed by atoms with Crippen LogP contribution >= 0.6 is 34.8 Å². The van der Waals surface area contributed by atoms with Crippen LogP contribution in [0.4, 0.5) is 11.4 Å². The molecule has 3 rings (SSSR count). The molecule has 0 aliphatic carbocycles. The van der Waals surface area contributed by atoms with Gasteiger partial charge in [0.1, 0.15) is 5.75 Å². The number of ether oxygens (including phenoxy) is 1. The fraction of sp³-hybridized carbons (Fsp3) is 0.0952. The van der Waals surface area contributed by atoms with Crippen molar-refractivity contribution in [1.82, 2.24) is 0 Å². The Morgan fingerprint density at radius 2 is 1.58 bits per heavy atom. The molecule has 10 heteroatoms. The summed E-state index contributed by atoms with van der Waals surface area (Å²) in [5.41, 5.74) is 0.727. The van der Waals surface area contributed by atoms with Gasteiger partial charge in [-0.2, -0.15) is 0 Å². The van der Waals surface area contributed by atoms with Crippen LogP contribution in [-0.2, 0) is 10.0 Å². The first-order valence-electron chi connectivity index (χ1n) is 9.01. The Bertz CT molecular complexity index is 1220. The van der Waals surface area contributed by atoms with Crippen LogP contribution in [0.2, 0.25) is 15.1 Å². The molecule has 0 saturated carbocycles. The van der Waals surface area contributed by atoms with E-state index in [1.807, 2.05) is 0 Å². The van der Waals surface area contributed by atoms with Crippen molar-refractivity contribution < 1.29 is 17.9 Å². The third kappa shape index (κ3) is 5.83. The van der Waals surface area contributed by atoms with Gasteiger partial charge in [-0.05, 0) is 67.6 Å². The quantitative estimate of drug-likeness (QED) is 0.411. The summed E-state index contributed by atoms with van der Waals surface area (Å²) in [6.45, 7) is 2.11. The minimum atomic E-state index is -4.01. The summed E-state index contributed by atoms with van der Waals surface area (Å²) < 4.78 is 33.7. The van der Waals surface area contributed by atoms with Crippen molar-refractivity contribution in [2.24, 2.45) is 0 Å². The molecule has 0 radical (unpaired) electrons. The normalized spacial score (nSPS) is 11.1. The van der Waals surface area contributed by atoms with Gasteiger partial charge in [0, 0.05) is 15.6 Å². The van der Waals surface area contributed by atoms with Gasteiger partial charge >= 0.3 is 0 Å². The zero-order chi connectivity index (χ0) is 22.6. The number of hydrogen-bond acceptors (Lipinski definition) is 4. The van der Waals surface area contributed by atoms with Crippen LogP contribution in [0.1, 0.15) is 17.3 Å². The van der Waals surface area contributed by atoms with Crippen molar-refractivity contribution in [3.05, 3.63) is 81.3 Å². The van der Waals surface area contributed by atoms with E-state index in [0.29, 0.717) is 28.0 Å². The molecule has 0 bridgehead atoms. The Hall–Kier alpha value is -2.45. The fourth-order valence-corrected chi connectivity index (χ4v) is 4.37. The van der Waals surface area contributed by atoms with E-state index in [1.165, 1.54) is 36.4 Å². The Balaban J connectivity index is 1.92. The molecule has 0 aliphatic rings. The van der Waals surface area contributed by atoms with Crippen molar-refractivity contribution in [1.29, 1.82) is 0 Å². The number of sulfonamides is 1. The molecule has 0 atom stereocenters. The molecular weight excluding hydrogens is 483 g/mol. The van der Waals surface area contributed by atoms with Crippen LogP contribution in [0.15, 0.2) is 65.6 Å². The zero-order valence-electron chi connectivity index (χ0n) is 16.2. The van der Waals surface area contributed by atoms with Gasteiger partial charge in [0.2, 0.25) is 0 Å². The van der Waals surface area contributed by atoms with E-state index in [0.717, 1.165) is 0 Å². The van der Waals surface area contributed by atoms with Gasteiger partial charge < -0.3 is 10.1 Å². The van der Waals surface area contributed by atoms with Crippen LogP contribution in [0, 0.1) is 0 Å². The molecule has 162 valence electrons. The van der Waals surface area contributed by atoms with Gasteiger partial charge in [-0.1, -0.05) is 34.8 Å². The fourth-order valence-electron chi connectivity index (χ4n) is 2.63. The molecule has 3 aromatic rings. The van der Waals surface area contributed by atoms with E-state index in [1.54, 1.807) is 31.2 Å². The number of benzene rings is 3. The van der Waals surface area contributed by atoms with Crippen molar-refractivity contribution >= 4 is 62.1 Å². The van der Waals surface area contributed by atoms with Gasteiger partial charge in [-0.3, -0.25) is 9.52 Å². The molecule has 0 aromatic heterocycles. The first kappa shape index (κ1) is 23.2. The molecule has 31 heavy (non-hydrogen) atoms. The number of anilines is 2. The molecule has 1 amide bonds. The summed E-state index contributed by atoms with van der Waals surface area (Å²) >= 11 is 17.8. The number of carbonyl (C=O) groups excluding carboxylic acids is 1. The van der Waals surface area contributed by atoms with E-state index in [4.69, 9.17) is 39.5 Å². The molecule has 0 saturated heterocycles. The second kappa shape index (κ2) is 9.78. The highest BCUT2D eigenvalue weighted by Gasteiger charge is 2.19. The number of rotatable bonds is 7. The summed E-state index contributed by atoms with van der Waals surface area (Å²) in [4.78, 5) is 12.5. The smallest absolute Gasteiger partial charge is 0.262 e. The number of carbonyl (C=O) groups is 1. The third-order valence-corrected chi connectivity index (χ3v) is 6.25. The number of hydrogen-bond donors (Lipinski definition) is 2. The van der Waals surface area contributed by atoms with E-state index in [9.17, 15) is 13.2 Å². The lowest BCUT2D eigenvalue weighted by atomic mass is 10.2. The maximum absolute atomic E-state index is 12.9. The average Bonchev–Trinajstić information content (AvgIpc) is 2.72. The highest BCUT2D eigenvalue weighted by atomic mass is 35.5. The van der Waals surface area contributed by atoms with E-state index in [-0.39, 0.29) is 21.3 Å². The highest BCUT2D eigenvalue weighted by Crippen LogP contribution is 2.31. The number of amides is 1. The van der Waals surface area contributed by atoms with Gasteiger partial charge in [0.05, 0.1) is 27.9 Å². The third-order valence-electron chi connectivity index (χ3n) is 4.09. The molecule has 3 aromatic carbocycles. The van der Waals surface area contributed by atoms with E-state index < -0.39 is 15.9 Å². The molecule has 0 heterocycles. The van der Waals surface area contributed by atoms with Crippen LogP contribution < -0.4 is 14.8 Å². The van der Waals surface area contributed by atoms with Crippen molar-refractivity contribution in [2.45, 2.75) is 11.8 Å². The van der Waals surface area contributed by atoms with Gasteiger partial charge in [-0.25, -0.2) is 8.42 Å². The van der Waals surface area contributed by atoms with Crippen LogP contribution in [0.25, 0.3) is 0 Å². The van der Waals surface area contributed by atoms with Crippen molar-refractivity contribution in [3.63, 3.8) is 0 Å². The largest absolute Gasteiger partial charge is 0.492 e. The Morgan fingerprint density at radius 3 is 2.23 bits per heavy atom. The predicted molar refractivity (Wildman–Crippen MR) is 124 cm³/mol. The lowest BCUT2D eigenvalue weighted by molar-refractivity contribution is 0.102. The topological polar surface area (TPSA) is 84.5 Å². The van der Waals surface area contributed by atoms with Gasteiger partial charge in [0.25, 0.3) is 15.9 Å². The lowest BCUT2D eigenvalue weighted by Gasteiger charge is -2.15. The van der Waals surface area contributed by atoms with E-state index >= 15 is 0 Å². The molecule has 2 N–H and O–H groups in total. The Morgan fingerprint density at radius 1 is 0.903 bits per heavy atom. The summed E-state index contributed by atoms with van der Waals surface area (Å²) in [6, 6.07) is 14.8. The summed E-state index contributed by atoms with van der Waals surface area (Å²) in [6.07, 6.45) is 0. The number of nitrogens with one attached hydrogen (secondary N) is 2.